The summed E-state index contributed by atoms with van der Waals surface area (Å²) < 4.78 is 12.7. The summed E-state index contributed by atoms with van der Waals surface area (Å²) in [7, 11) is 0. The third-order valence-corrected chi connectivity index (χ3v) is 2.63. The lowest BCUT2D eigenvalue weighted by Crippen LogP contribution is -2.30. The summed E-state index contributed by atoms with van der Waals surface area (Å²) in [5.41, 5.74) is 0.871. The lowest BCUT2D eigenvalue weighted by atomic mass is 10.1. The third-order valence-electron chi connectivity index (χ3n) is 2.63. The van der Waals surface area contributed by atoms with Crippen LogP contribution in [0.25, 0.3) is 0 Å². The van der Waals surface area contributed by atoms with E-state index < -0.39 is 0 Å². The molecule has 1 unspecified atom stereocenters. The van der Waals surface area contributed by atoms with E-state index in [2.05, 4.69) is 5.32 Å². The van der Waals surface area contributed by atoms with Gasteiger partial charge in [-0.1, -0.05) is 12.1 Å². The molecule has 0 bridgehead atoms. The molecule has 0 saturated carbocycles. The van der Waals surface area contributed by atoms with Gasteiger partial charge in [0, 0.05) is 13.1 Å². The number of nitrogens with zero attached hydrogens (tertiary/aromatic N) is 1. The molecule has 1 aromatic rings. The highest BCUT2D eigenvalue weighted by Crippen LogP contribution is 2.20. The van der Waals surface area contributed by atoms with E-state index in [1.165, 1.54) is 17.0 Å². The molecule has 0 spiro atoms. The van der Waals surface area contributed by atoms with Gasteiger partial charge in [0.1, 0.15) is 5.82 Å². The van der Waals surface area contributed by atoms with E-state index in [0.29, 0.717) is 13.1 Å². The fourth-order valence-electron chi connectivity index (χ4n) is 1.79. The molecule has 1 aliphatic heterocycles. The second-order valence-electron chi connectivity index (χ2n) is 3.72. The van der Waals surface area contributed by atoms with Crippen LogP contribution in [0.4, 0.5) is 9.18 Å². The molecular formula is C11H13FN2O2. The van der Waals surface area contributed by atoms with Crippen molar-refractivity contribution in [2.75, 3.05) is 19.7 Å². The number of amides is 2. The number of benzene rings is 1. The lowest BCUT2D eigenvalue weighted by molar-refractivity contribution is 0.196. The number of halogens is 1. The molecule has 0 radical (unpaired) electrons. The quantitative estimate of drug-likeness (QED) is 0.801. The summed E-state index contributed by atoms with van der Waals surface area (Å²) in [6.45, 7) is 0.776. The van der Waals surface area contributed by atoms with Crippen molar-refractivity contribution in [1.29, 1.82) is 0 Å². The van der Waals surface area contributed by atoms with Crippen LogP contribution >= 0.6 is 0 Å². The van der Waals surface area contributed by atoms with E-state index in [-0.39, 0.29) is 24.5 Å². The van der Waals surface area contributed by atoms with Gasteiger partial charge in [0.15, 0.2) is 0 Å². The first-order chi connectivity index (χ1) is 7.70. The van der Waals surface area contributed by atoms with Crippen LogP contribution < -0.4 is 5.32 Å². The molecule has 5 heteroatoms. The molecular weight excluding hydrogens is 211 g/mol. The molecule has 2 amide bonds. The van der Waals surface area contributed by atoms with Crippen LogP contribution in [0, 0.1) is 5.82 Å². The van der Waals surface area contributed by atoms with Crippen LogP contribution in [0.15, 0.2) is 24.3 Å². The first-order valence-electron chi connectivity index (χ1n) is 5.12. The van der Waals surface area contributed by atoms with E-state index in [1.54, 1.807) is 12.1 Å². The predicted octanol–water partition coefficient (Wildman–Crippen LogP) is 0.884. The zero-order valence-electron chi connectivity index (χ0n) is 8.69. The van der Waals surface area contributed by atoms with Gasteiger partial charge in [0.05, 0.1) is 12.6 Å². The Morgan fingerprint density at radius 2 is 2.12 bits per heavy atom. The van der Waals surface area contributed by atoms with Gasteiger partial charge in [-0.3, -0.25) is 0 Å². The highest BCUT2D eigenvalue weighted by atomic mass is 19.1. The number of carbonyl (C=O) groups is 1. The molecule has 4 nitrogen and oxygen atoms in total. The second-order valence-corrected chi connectivity index (χ2v) is 3.72. The monoisotopic (exact) mass is 224 g/mol. The van der Waals surface area contributed by atoms with E-state index >= 15 is 0 Å². The van der Waals surface area contributed by atoms with E-state index in [0.717, 1.165) is 5.56 Å². The van der Waals surface area contributed by atoms with Gasteiger partial charge in [-0.2, -0.15) is 0 Å². The Morgan fingerprint density at radius 1 is 1.44 bits per heavy atom. The standard InChI is InChI=1S/C11H13FN2O2/c12-9-3-1-8(2-4-9)10-7-14(5-6-15)11(16)13-10/h1-4,10,15H,5-7H2,(H,13,16). The second kappa shape index (κ2) is 4.49. The van der Waals surface area contributed by atoms with Gasteiger partial charge >= 0.3 is 6.03 Å². The Hall–Kier alpha value is -1.62. The Balaban J connectivity index is 2.07. The fourth-order valence-corrected chi connectivity index (χ4v) is 1.79. The van der Waals surface area contributed by atoms with Crippen molar-refractivity contribution in [2.24, 2.45) is 0 Å². The SMILES string of the molecule is O=C1NC(c2ccc(F)cc2)CN1CCO. The van der Waals surface area contributed by atoms with Gasteiger partial charge in [-0.05, 0) is 17.7 Å². The number of rotatable bonds is 3. The summed E-state index contributed by atoms with van der Waals surface area (Å²) in [5.74, 6) is -0.291. The average Bonchev–Trinajstić information content (AvgIpc) is 2.62. The molecule has 1 heterocycles. The van der Waals surface area contributed by atoms with Crippen LogP contribution in [0.3, 0.4) is 0 Å². The number of nitrogens with one attached hydrogen (secondary N) is 1. The number of aliphatic hydroxyl groups is 1. The molecule has 0 aromatic heterocycles. The number of hydrogen-bond acceptors (Lipinski definition) is 2. The summed E-state index contributed by atoms with van der Waals surface area (Å²) in [5, 5.41) is 11.5. The van der Waals surface area contributed by atoms with Crippen molar-refractivity contribution in [2.45, 2.75) is 6.04 Å². The minimum atomic E-state index is -0.291. The van der Waals surface area contributed by atoms with Gasteiger partial charge in [0.25, 0.3) is 0 Å². The number of hydrogen-bond donors (Lipinski definition) is 2. The van der Waals surface area contributed by atoms with E-state index in [9.17, 15) is 9.18 Å². The minimum absolute atomic E-state index is 0.0520. The normalized spacial score (nSPS) is 20.0. The summed E-state index contributed by atoms with van der Waals surface area (Å²) >= 11 is 0. The van der Waals surface area contributed by atoms with Crippen LogP contribution in [-0.4, -0.2) is 35.7 Å². The summed E-state index contributed by atoms with van der Waals surface area (Å²) in [4.78, 5) is 13.0. The molecule has 1 saturated heterocycles. The van der Waals surface area contributed by atoms with Gasteiger partial charge in [-0.25, -0.2) is 9.18 Å². The number of aliphatic hydroxyl groups excluding tert-OH is 1. The maximum atomic E-state index is 12.7. The van der Waals surface area contributed by atoms with E-state index in [1.807, 2.05) is 0 Å². The van der Waals surface area contributed by atoms with Crippen molar-refractivity contribution in [3.05, 3.63) is 35.6 Å². The lowest BCUT2D eigenvalue weighted by Gasteiger charge is -2.12. The first kappa shape index (κ1) is 10.9. The number of urea groups is 1. The zero-order chi connectivity index (χ0) is 11.5. The average molecular weight is 224 g/mol. The van der Waals surface area contributed by atoms with E-state index in [4.69, 9.17) is 5.11 Å². The Morgan fingerprint density at radius 3 is 2.75 bits per heavy atom. The largest absolute Gasteiger partial charge is 0.395 e. The topological polar surface area (TPSA) is 52.6 Å². The molecule has 86 valence electrons. The van der Waals surface area contributed by atoms with Gasteiger partial charge in [-0.15, -0.1) is 0 Å². The Kier molecular flexibility index (Phi) is 3.05. The molecule has 16 heavy (non-hydrogen) atoms. The Labute approximate surface area is 92.7 Å². The molecule has 1 aliphatic rings. The molecule has 1 atom stereocenters. The number of β-amino-alcohol motifs (C(OH)–C–C–N with tert-alkyl or cyclic N) is 1. The van der Waals surface area contributed by atoms with Crippen LogP contribution in [0.2, 0.25) is 0 Å². The molecule has 2 N–H and O–H groups in total. The highest BCUT2D eigenvalue weighted by Gasteiger charge is 2.28. The summed E-state index contributed by atoms with van der Waals surface area (Å²) in [6, 6.07) is 5.74. The van der Waals surface area contributed by atoms with Crippen molar-refractivity contribution < 1.29 is 14.3 Å². The molecule has 1 aromatic carbocycles. The molecule has 1 fully saturated rings. The maximum absolute atomic E-state index is 12.7. The van der Waals surface area contributed by atoms with Crippen LogP contribution in [0.1, 0.15) is 11.6 Å². The van der Waals surface area contributed by atoms with Crippen LogP contribution in [-0.2, 0) is 0 Å². The maximum Gasteiger partial charge on any atom is 0.318 e. The molecule has 0 aliphatic carbocycles. The highest BCUT2D eigenvalue weighted by molar-refractivity contribution is 5.77. The predicted molar refractivity (Wildman–Crippen MR) is 56.3 cm³/mol. The zero-order valence-corrected chi connectivity index (χ0v) is 8.69. The van der Waals surface area contributed by atoms with Crippen molar-refractivity contribution in [3.8, 4) is 0 Å². The molecule has 2 rings (SSSR count). The first-order valence-corrected chi connectivity index (χ1v) is 5.12. The van der Waals surface area contributed by atoms with Crippen molar-refractivity contribution >= 4 is 6.03 Å². The van der Waals surface area contributed by atoms with Gasteiger partial charge in [0.2, 0.25) is 0 Å². The minimum Gasteiger partial charge on any atom is -0.395 e. The smallest absolute Gasteiger partial charge is 0.318 e. The van der Waals surface area contributed by atoms with Crippen molar-refractivity contribution in [1.82, 2.24) is 10.2 Å². The fraction of sp³-hybridized carbons (Fsp3) is 0.364. The number of carbonyl (C=O) groups excluding carboxylic acids is 1. The van der Waals surface area contributed by atoms with Gasteiger partial charge < -0.3 is 15.3 Å². The van der Waals surface area contributed by atoms with Crippen LogP contribution in [0.5, 0.6) is 0 Å². The Bertz CT molecular complexity index is 380. The summed E-state index contributed by atoms with van der Waals surface area (Å²) in [6.07, 6.45) is 0. The third kappa shape index (κ3) is 2.14. The van der Waals surface area contributed by atoms with Crippen molar-refractivity contribution in [3.63, 3.8) is 0 Å².